The molecule has 35 heavy (non-hydrogen) atoms. The average Bonchev–Trinajstić information content (AvgIpc) is 2.77. The van der Waals surface area contributed by atoms with E-state index >= 15 is 0 Å². The fourth-order valence-electron chi connectivity index (χ4n) is 3.14. The third-order valence-corrected chi connectivity index (χ3v) is 5.03. The molecule has 0 heterocycles. The van der Waals surface area contributed by atoms with Gasteiger partial charge in [-0.15, -0.1) is 6.58 Å². The number of amides is 3. The number of benzene rings is 1. The number of hydrogen-bond acceptors (Lipinski definition) is 7. The quantitative estimate of drug-likeness (QED) is 0.228. The van der Waals surface area contributed by atoms with Crippen LogP contribution in [0.25, 0.3) is 0 Å². The lowest BCUT2D eigenvalue weighted by Crippen LogP contribution is -2.54. The molecule has 194 valence electrons. The van der Waals surface area contributed by atoms with E-state index in [1.165, 1.54) is 11.0 Å². The van der Waals surface area contributed by atoms with E-state index in [0.29, 0.717) is 5.56 Å². The van der Waals surface area contributed by atoms with Crippen LogP contribution in [0.4, 0.5) is 4.79 Å². The van der Waals surface area contributed by atoms with Gasteiger partial charge in [0.2, 0.25) is 11.8 Å². The number of carbonyl (C=O) groups excluding carboxylic acids is 4. The van der Waals surface area contributed by atoms with Crippen molar-refractivity contribution in [1.29, 1.82) is 0 Å². The van der Waals surface area contributed by atoms with Crippen LogP contribution in [0.3, 0.4) is 0 Å². The SMILES string of the molecule is C=CCN(C(=O)C(CS)NC(=O)OC(C)(C)C)C(C(=O)NCCC(=O)OCC)c1ccc(C)cc1. The van der Waals surface area contributed by atoms with Gasteiger partial charge < -0.3 is 25.0 Å². The zero-order chi connectivity index (χ0) is 26.6. The molecule has 0 fully saturated rings. The molecule has 9 nitrogen and oxygen atoms in total. The zero-order valence-electron chi connectivity index (χ0n) is 21.1. The molecule has 0 saturated heterocycles. The molecular weight excluding hydrogens is 470 g/mol. The second-order valence-electron chi connectivity index (χ2n) is 8.82. The number of hydrogen-bond donors (Lipinski definition) is 3. The van der Waals surface area contributed by atoms with Crippen LogP contribution in [0.5, 0.6) is 0 Å². The summed E-state index contributed by atoms with van der Waals surface area (Å²) in [4.78, 5) is 52.1. The lowest BCUT2D eigenvalue weighted by molar-refractivity contribution is -0.144. The lowest BCUT2D eigenvalue weighted by atomic mass is 10.0. The molecule has 0 aromatic heterocycles. The van der Waals surface area contributed by atoms with Gasteiger partial charge in [0.25, 0.3) is 0 Å². The van der Waals surface area contributed by atoms with Gasteiger partial charge in [-0.3, -0.25) is 14.4 Å². The zero-order valence-corrected chi connectivity index (χ0v) is 22.0. The molecule has 0 spiro atoms. The number of ether oxygens (including phenoxy) is 2. The predicted molar refractivity (Wildman–Crippen MR) is 137 cm³/mol. The Balaban J connectivity index is 3.22. The fraction of sp³-hybridized carbons (Fsp3) is 0.520. The molecule has 10 heteroatoms. The number of nitrogens with one attached hydrogen (secondary N) is 2. The number of thiol groups is 1. The first-order valence-electron chi connectivity index (χ1n) is 11.4. The third-order valence-electron chi connectivity index (χ3n) is 4.67. The number of carbonyl (C=O) groups is 4. The maximum Gasteiger partial charge on any atom is 0.408 e. The van der Waals surface area contributed by atoms with E-state index in [1.54, 1.807) is 39.8 Å². The summed E-state index contributed by atoms with van der Waals surface area (Å²) in [6, 6.07) is 5.09. The van der Waals surface area contributed by atoms with E-state index in [9.17, 15) is 19.2 Å². The second kappa shape index (κ2) is 14.4. The standard InChI is InChI=1S/C25H37N3O6S/c1-7-15-28(23(31)19(16-35)27-24(32)34-25(4,5)6)21(18-11-9-17(3)10-12-18)22(30)26-14-13-20(29)33-8-2/h7,9-12,19,21,35H,1,8,13-16H2,2-6H3,(H,26,30)(H,27,32). The highest BCUT2D eigenvalue weighted by Crippen LogP contribution is 2.23. The first kappa shape index (κ1) is 30.0. The van der Waals surface area contributed by atoms with Crippen LogP contribution in [0, 0.1) is 6.92 Å². The Morgan fingerprint density at radius 2 is 1.80 bits per heavy atom. The minimum atomic E-state index is -1.05. The normalized spacial score (nSPS) is 12.6. The minimum absolute atomic E-state index is 0.00489. The minimum Gasteiger partial charge on any atom is -0.466 e. The van der Waals surface area contributed by atoms with Gasteiger partial charge >= 0.3 is 12.1 Å². The van der Waals surface area contributed by atoms with Gasteiger partial charge in [0, 0.05) is 18.8 Å². The predicted octanol–water partition coefficient (Wildman–Crippen LogP) is 2.94. The van der Waals surface area contributed by atoms with Gasteiger partial charge in [0.1, 0.15) is 17.7 Å². The largest absolute Gasteiger partial charge is 0.466 e. The highest BCUT2D eigenvalue weighted by molar-refractivity contribution is 7.80. The number of nitrogens with zero attached hydrogens (tertiary/aromatic N) is 1. The Bertz CT molecular complexity index is 882. The van der Waals surface area contributed by atoms with E-state index in [2.05, 4.69) is 29.8 Å². The van der Waals surface area contributed by atoms with E-state index in [-0.39, 0.29) is 31.9 Å². The Labute approximate surface area is 213 Å². The molecular formula is C25H37N3O6S. The Kier molecular flexibility index (Phi) is 12.4. The summed E-state index contributed by atoms with van der Waals surface area (Å²) in [5.74, 6) is -1.47. The highest BCUT2D eigenvalue weighted by Gasteiger charge is 2.35. The van der Waals surface area contributed by atoms with Crippen molar-refractivity contribution < 1.29 is 28.7 Å². The van der Waals surface area contributed by atoms with Crippen LogP contribution in [-0.4, -0.2) is 65.9 Å². The Morgan fingerprint density at radius 3 is 2.31 bits per heavy atom. The highest BCUT2D eigenvalue weighted by atomic mass is 32.1. The van der Waals surface area contributed by atoms with Gasteiger partial charge in [-0.2, -0.15) is 12.6 Å². The number of alkyl carbamates (subject to hydrolysis) is 1. The maximum absolute atomic E-state index is 13.5. The fourth-order valence-corrected chi connectivity index (χ4v) is 3.38. The van der Waals surface area contributed by atoms with Crippen molar-refractivity contribution in [2.45, 2.75) is 58.7 Å². The van der Waals surface area contributed by atoms with Crippen LogP contribution in [0.2, 0.25) is 0 Å². The number of aryl methyl sites for hydroxylation is 1. The van der Waals surface area contributed by atoms with E-state index in [4.69, 9.17) is 9.47 Å². The van der Waals surface area contributed by atoms with Crippen molar-refractivity contribution in [2.24, 2.45) is 0 Å². The molecule has 0 saturated carbocycles. The van der Waals surface area contributed by atoms with Crippen LogP contribution >= 0.6 is 12.6 Å². The van der Waals surface area contributed by atoms with Crippen molar-refractivity contribution >= 4 is 36.5 Å². The maximum atomic E-state index is 13.5. The first-order valence-corrected chi connectivity index (χ1v) is 12.1. The van der Waals surface area contributed by atoms with Gasteiger partial charge in [-0.05, 0) is 40.2 Å². The van der Waals surface area contributed by atoms with Crippen LogP contribution < -0.4 is 10.6 Å². The summed E-state index contributed by atoms with van der Waals surface area (Å²) in [5.41, 5.74) is 0.796. The van der Waals surface area contributed by atoms with E-state index < -0.39 is 41.6 Å². The smallest absolute Gasteiger partial charge is 0.408 e. The summed E-state index contributed by atoms with van der Waals surface area (Å²) in [6.45, 7) is 12.8. The molecule has 1 aromatic rings. The van der Waals surface area contributed by atoms with E-state index in [1.807, 2.05) is 19.1 Å². The second-order valence-corrected chi connectivity index (χ2v) is 9.19. The van der Waals surface area contributed by atoms with E-state index in [0.717, 1.165) is 5.56 Å². The lowest BCUT2D eigenvalue weighted by Gasteiger charge is -2.33. The molecule has 0 bridgehead atoms. The average molecular weight is 508 g/mol. The first-order chi connectivity index (χ1) is 16.4. The Hall–Kier alpha value is -3.01. The van der Waals surface area contributed by atoms with Crippen molar-refractivity contribution in [3.63, 3.8) is 0 Å². The van der Waals surface area contributed by atoms with Crippen molar-refractivity contribution in [3.05, 3.63) is 48.0 Å². The van der Waals surface area contributed by atoms with Gasteiger partial charge in [0.05, 0.1) is 13.0 Å². The van der Waals surface area contributed by atoms with Crippen LogP contribution in [0.1, 0.15) is 51.3 Å². The van der Waals surface area contributed by atoms with Gasteiger partial charge in [-0.25, -0.2) is 4.79 Å². The molecule has 0 radical (unpaired) electrons. The molecule has 2 unspecified atom stereocenters. The van der Waals surface area contributed by atoms with Crippen molar-refractivity contribution in [1.82, 2.24) is 15.5 Å². The van der Waals surface area contributed by atoms with Crippen LogP contribution in [0.15, 0.2) is 36.9 Å². The van der Waals surface area contributed by atoms with Crippen molar-refractivity contribution in [2.75, 3.05) is 25.4 Å². The monoisotopic (exact) mass is 507 g/mol. The summed E-state index contributed by atoms with van der Waals surface area (Å²) in [6.07, 6.45) is 0.720. The molecule has 3 amide bonds. The molecule has 0 aliphatic heterocycles. The molecule has 2 atom stereocenters. The summed E-state index contributed by atoms with van der Waals surface area (Å²) in [5, 5.41) is 5.24. The Morgan fingerprint density at radius 1 is 1.17 bits per heavy atom. The summed E-state index contributed by atoms with van der Waals surface area (Å²) >= 11 is 4.23. The molecule has 2 N–H and O–H groups in total. The van der Waals surface area contributed by atoms with Gasteiger partial charge in [0.15, 0.2) is 0 Å². The third kappa shape index (κ3) is 10.4. The topological polar surface area (TPSA) is 114 Å². The van der Waals surface area contributed by atoms with Crippen LogP contribution in [-0.2, 0) is 23.9 Å². The molecule has 1 rings (SSSR count). The number of rotatable bonds is 12. The number of esters is 1. The molecule has 0 aliphatic rings. The molecule has 0 aliphatic carbocycles. The van der Waals surface area contributed by atoms with Gasteiger partial charge in [-0.1, -0.05) is 35.9 Å². The summed E-state index contributed by atoms with van der Waals surface area (Å²) < 4.78 is 10.2. The summed E-state index contributed by atoms with van der Waals surface area (Å²) in [7, 11) is 0. The molecule has 1 aromatic carbocycles. The van der Waals surface area contributed by atoms with Crippen molar-refractivity contribution in [3.8, 4) is 0 Å².